The summed E-state index contributed by atoms with van der Waals surface area (Å²) in [6, 6.07) is 8.32. The summed E-state index contributed by atoms with van der Waals surface area (Å²) >= 11 is 0. The zero-order valence-electron chi connectivity index (χ0n) is 13.0. The molecule has 1 N–H and O–H groups in total. The van der Waals surface area contributed by atoms with Gasteiger partial charge in [-0.3, -0.25) is 4.79 Å². The second-order valence-electron chi connectivity index (χ2n) is 5.37. The van der Waals surface area contributed by atoms with Gasteiger partial charge < -0.3 is 14.8 Å². The van der Waals surface area contributed by atoms with Gasteiger partial charge in [-0.05, 0) is 44.5 Å². The fourth-order valence-electron chi connectivity index (χ4n) is 1.46. The van der Waals surface area contributed by atoms with Crippen molar-refractivity contribution in [1.82, 2.24) is 5.32 Å². The third-order valence-electron chi connectivity index (χ3n) is 3.07. The molecule has 0 saturated heterocycles. The van der Waals surface area contributed by atoms with Crippen LogP contribution in [0.5, 0.6) is 5.75 Å². The van der Waals surface area contributed by atoms with Crippen LogP contribution in [-0.2, 0) is 14.3 Å². The van der Waals surface area contributed by atoms with E-state index >= 15 is 0 Å². The van der Waals surface area contributed by atoms with Crippen LogP contribution in [0, 0.1) is 11.3 Å². The molecule has 0 fully saturated rings. The molecule has 118 valence electrons. The fraction of sp³-hybridized carbons (Fsp3) is 0.438. The van der Waals surface area contributed by atoms with E-state index in [4.69, 9.17) is 14.7 Å². The molecule has 1 aromatic carbocycles. The highest BCUT2D eigenvalue weighted by Crippen LogP contribution is 2.11. The number of rotatable bonds is 7. The lowest BCUT2D eigenvalue weighted by Crippen LogP contribution is -2.44. The molecule has 1 aromatic rings. The van der Waals surface area contributed by atoms with Gasteiger partial charge in [-0.25, -0.2) is 4.79 Å². The maximum absolute atomic E-state index is 11.6. The predicted molar refractivity (Wildman–Crippen MR) is 80.1 cm³/mol. The Balaban J connectivity index is 2.31. The number of esters is 1. The average Bonchev–Trinajstić information content (AvgIpc) is 2.51. The summed E-state index contributed by atoms with van der Waals surface area (Å²) in [4.78, 5) is 23.1. The van der Waals surface area contributed by atoms with Gasteiger partial charge >= 0.3 is 5.97 Å². The Hall–Kier alpha value is -2.55. The summed E-state index contributed by atoms with van der Waals surface area (Å²) in [7, 11) is 0. The number of amides is 1. The van der Waals surface area contributed by atoms with Crippen LogP contribution in [0.1, 0.15) is 32.8 Å². The minimum Gasteiger partial charge on any atom is -0.482 e. The van der Waals surface area contributed by atoms with Crippen LogP contribution in [0.4, 0.5) is 0 Å². The molecule has 0 unspecified atom stereocenters. The van der Waals surface area contributed by atoms with Crippen molar-refractivity contribution in [1.29, 1.82) is 5.26 Å². The number of carbonyl (C=O) groups is 2. The quantitative estimate of drug-likeness (QED) is 0.776. The van der Waals surface area contributed by atoms with E-state index < -0.39 is 5.97 Å². The minimum absolute atomic E-state index is 0.295. The number of nitriles is 1. The molecule has 1 rings (SSSR count). The predicted octanol–water partition coefficient (Wildman–Crippen LogP) is 1.79. The smallest absolute Gasteiger partial charge is 0.344 e. The molecule has 0 aliphatic carbocycles. The Kier molecular flexibility index (Phi) is 6.39. The Morgan fingerprint density at radius 2 is 1.86 bits per heavy atom. The third kappa shape index (κ3) is 6.27. The summed E-state index contributed by atoms with van der Waals surface area (Å²) in [6.07, 6.45) is 0.772. The molecule has 0 heterocycles. The van der Waals surface area contributed by atoms with Gasteiger partial charge in [-0.15, -0.1) is 0 Å². The van der Waals surface area contributed by atoms with Crippen molar-refractivity contribution in [3.05, 3.63) is 29.8 Å². The van der Waals surface area contributed by atoms with E-state index in [-0.39, 0.29) is 24.7 Å². The highest BCUT2D eigenvalue weighted by molar-refractivity contribution is 5.81. The molecule has 0 aromatic heterocycles. The first-order chi connectivity index (χ1) is 10.4. The van der Waals surface area contributed by atoms with Crippen LogP contribution in [0.3, 0.4) is 0 Å². The molecule has 6 heteroatoms. The second-order valence-corrected chi connectivity index (χ2v) is 5.37. The molecular weight excluding hydrogens is 284 g/mol. The zero-order chi connectivity index (χ0) is 16.6. The standard InChI is InChI=1S/C16H20N2O4/c1-4-16(2,3)18-14(19)10-22-15(20)11-21-13-7-5-12(9-17)6-8-13/h5-8H,4,10-11H2,1-3H3,(H,18,19). The SMILES string of the molecule is CCC(C)(C)NC(=O)COC(=O)COc1ccc(C#N)cc1. The topological polar surface area (TPSA) is 88.4 Å². The monoisotopic (exact) mass is 304 g/mol. The Labute approximate surface area is 130 Å². The lowest BCUT2D eigenvalue weighted by molar-refractivity contribution is -0.150. The van der Waals surface area contributed by atoms with E-state index in [1.807, 2.05) is 26.8 Å². The van der Waals surface area contributed by atoms with Crippen molar-refractivity contribution in [2.45, 2.75) is 32.7 Å². The summed E-state index contributed by atoms with van der Waals surface area (Å²) in [5.74, 6) is -0.528. The molecule has 0 atom stereocenters. The fourth-order valence-corrected chi connectivity index (χ4v) is 1.46. The molecular formula is C16H20N2O4. The van der Waals surface area contributed by atoms with Gasteiger partial charge in [0.2, 0.25) is 0 Å². The molecule has 0 bridgehead atoms. The third-order valence-corrected chi connectivity index (χ3v) is 3.07. The summed E-state index contributed by atoms with van der Waals surface area (Å²) < 4.78 is 10.0. The normalized spacial score (nSPS) is 10.5. The summed E-state index contributed by atoms with van der Waals surface area (Å²) in [5.41, 5.74) is 0.174. The Bertz CT molecular complexity index is 559. The first kappa shape index (κ1) is 17.5. The van der Waals surface area contributed by atoms with Gasteiger partial charge in [0, 0.05) is 5.54 Å². The van der Waals surface area contributed by atoms with Gasteiger partial charge in [-0.2, -0.15) is 5.26 Å². The number of ether oxygens (including phenoxy) is 2. The minimum atomic E-state index is -0.631. The molecule has 0 aliphatic heterocycles. The number of nitrogens with zero attached hydrogens (tertiary/aromatic N) is 1. The van der Waals surface area contributed by atoms with Crippen LogP contribution in [0.15, 0.2) is 24.3 Å². The van der Waals surface area contributed by atoms with Crippen molar-refractivity contribution >= 4 is 11.9 Å². The van der Waals surface area contributed by atoms with Gasteiger partial charge in [0.25, 0.3) is 5.91 Å². The van der Waals surface area contributed by atoms with Crippen LogP contribution in [0.25, 0.3) is 0 Å². The first-order valence-electron chi connectivity index (χ1n) is 6.96. The van der Waals surface area contributed by atoms with Crippen molar-refractivity contribution in [2.24, 2.45) is 0 Å². The van der Waals surface area contributed by atoms with E-state index in [9.17, 15) is 9.59 Å². The van der Waals surface area contributed by atoms with E-state index in [1.165, 1.54) is 0 Å². The van der Waals surface area contributed by atoms with Gasteiger partial charge in [0.15, 0.2) is 13.2 Å². The molecule has 6 nitrogen and oxygen atoms in total. The molecule has 0 spiro atoms. The Morgan fingerprint density at radius 1 is 1.23 bits per heavy atom. The number of hydrogen-bond acceptors (Lipinski definition) is 5. The van der Waals surface area contributed by atoms with Crippen LogP contribution >= 0.6 is 0 Å². The van der Waals surface area contributed by atoms with Crippen molar-refractivity contribution in [3.8, 4) is 11.8 Å². The lowest BCUT2D eigenvalue weighted by Gasteiger charge is -2.24. The maximum Gasteiger partial charge on any atom is 0.344 e. The number of carbonyl (C=O) groups excluding carboxylic acids is 2. The van der Waals surface area contributed by atoms with Crippen molar-refractivity contribution in [3.63, 3.8) is 0 Å². The molecule has 22 heavy (non-hydrogen) atoms. The zero-order valence-corrected chi connectivity index (χ0v) is 13.0. The maximum atomic E-state index is 11.6. The summed E-state index contributed by atoms with van der Waals surface area (Å²) in [6.45, 7) is 5.11. The van der Waals surface area contributed by atoms with E-state index in [0.29, 0.717) is 11.3 Å². The molecule has 1 amide bonds. The van der Waals surface area contributed by atoms with Gasteiger partial charge in [0.05, 0.1) is 11.6 Å². The van der Waals surface area contributed by atoms with Crippen molar-refractivity contribution < 1.29 is 19.1 Å². The van der Waals surface area contributed by atoms with Crippen LogP contribution < -0.4 is 10.1 Å². The van der Waals surface area contributed by atoms with E-state index in [0.717, 1.165) is 6.42 Å². The Morgan fingerprint density at radius 3 is 2.41 bits per heavy atom. The van der Waals surface area contributed by atoms with Gasteiger partial charge in [0.1, 0.15) is 5.75 Å². The van der Waals surface area contributed by atoms with Gasteiger partial charge in [-0.1, -0.05) is 6.92 Å². The first-order valence-corrected chi connectivity index (χ1v) is 6.96. The van der Waals surface area contributed by atoms with Crippen LogP contribution in [-0.4, -0.2) is 30.6 Å². The number of benzene rings is 1. The number of nitrogens with one attached hydrogen (secondary N) is 1. The second kappa shape index (κ2) is 8.03. The van der Waals surface area contributed by atoms with E-state index in [2.05, 4.69) is 5.32 Å². The van der Waals surface area contributed by atoms with Crippen molar-refractivity contribution in [2.75, 3.05) is 13.2 Å². The summed E-state index contributed by atoms with van der Waals surface area (Å²) in [5, 5.41) is 11.4. The lowest BCUT2D eigenvalue weighted by atomic mass is 10.0. The average molecular weight is 304 g/mol. The van der Waals surface area contributed by atoms with Crippen LogP contribution in [0.2, 0.25) is 0 Å². The largest absolute Gasteiger partial charge is 0.482 e. The van der Waals surface area contributed by atoms with E-state index in [1.54, 1.807) is 24.3 Å². The molecule has 0 radical (unpaired) electrons. The molecule has 0 saturated carbocycles. The number of hydrogen-bond donors (Lipinski definition) is 1. The highest BCUT2D eigenvalue weighted by Gasteiger charge is 2.18. The highest BCUT2D eigenvalue weighted by atomic mass is 16.6. The molecule has 0 aliphatic rings.